The Bertz CT molecular complexity index is 443. The van der Waals surface area contributed by atoms with Crippen molar-refractivity contribution in [2.45, 2.75) is 25.8 Å². The van der Waals surface area contributed by atoms with Crippen LogP contribution in [0.2, 0.25) is 5.02 Å². The Morgan fingerprint density at radius 2 is 2.22 bits per heavy atom. The van der Waals surface area contributed by atoms with Crippen LogP contribution in [0.4, 0.5) is 5.69 Å². The molecule has 0 aliphatic heterocycles. The summed E-state index contributed by atoms with van der Waals surface area (Å²) in [6.45, 7) is 3.09. The van der Waals surface area contributed by atoms with Crippen molar-refractivity contribution in [2.75, 3.05) is 25.2 Å². The van der Waals surface area contributed by atoms with E-state index in [0.29, 0.717) is 23.2 Å². The highest BCUT2D eigenvalue weighted by Gasteiger charge is 2.29. The number of rotatable bonds is 6. The normalized spacial score (nSPS) is 14.6. The van der Waals surface area contributed by atoms with E-state index < -0.39 is 0 Å². The summed E-state index contributed by atoms with van der Waals surface area (Å²) in [7, 11) is 1.71. The Kier molecular flexibility index (Phi) is 4.25. The van der Waals surface area contributed by atoms with Crippen LogP contribution >= 0.6 is 11.6 Å². The Balaban J connectivity index is 2.19. The molecule has 0 N–H and O–H groups in total. The second-order valence-electron chi connectivity index (χ2n) is 4.64. The first-order valence-electron chi connectivity index (χ1n) is 6.19. The van der Waals surface area contributed by atoms with Crippen LogP contribution < -0.4 is 4.90 Å². The van der Waals surface area contributed by atoms with E-state index in [2.05, 4.69) is 4.90 Å². The van der Waals surface area contributed by atoms with Crippen molar-refractivity contribution in [2.24, 2.45) is 0 Å². The minimum absolute atomic E-state index is 0.00131. The average molecular weight is 268 g/mol. The maximum absolute atomic E-state index is 11.3. The third kappa shape index (κ3) is 3.03. The highest BCUT2D eigenvalue weighted by molar-refractivity contribution is 6.34. The summed E-state index contributed by atoms with van der Waals surface area (Å²) in [5.41, 5.74) is 1.66. The fourth-order valence-corrected chi connectivity index (χ4v) is 2.37. The van der Waals surface area contributed by atoms with Gasteiger partial charge in [-0.25, -0.2) is 0 Å². The average Bonchev–Trinajstić information content (AvgIpc) is 3.13. The van der Waals surface area contributed by atoms with Crippen LogP contribution in [-0.4, -0.2) is 32.1 Å². The molecule has 0 spiro atoms. The largest absolute Gasteiger partial charge is 0.383 e. The fourth-order valence-electron chi connectivity index (χ4n) is 2.07. The second-order valence-corrected chi connectivity index (χ2v) is 5.04. The Hall–Kier alpha value is -1.06. The van der Waals surface area contributed by atoms with Gasteiger partial charge in [0.2, 0.25) is 0 Å². The van der Waals surface area contributed by atoms with E-state index in [1.165, 1.54) is 19.8 Å². The molecule has 1 aromatic rings. The van der Waals surface area contributed by atoms with Crippen LogP contribution in [0, 0.1) is 0 Å². The van der Waals surface area contributed by atoms with Gasteiger partial charge in [0.1, 0.15) is 0 Å². The molecule has 1 fully saturated rings. The van der Waals surface area contributed by atoms with Crippen LogP contribution in [0.1, 0.15) is 30.1 Å². The van der Waals surface area contributed by atoms with Gasteiger partial charge in [-0.2, -0.15) is 0 Å². The zero-order valence-corrected chi connectivity index (χ0v) is 11.5. The minimum atomic E-state index is 0.00131. The van der Waals surface area contributed by atoms with Gasteiger partial charge in [0.05, 0.1) is 11.6 Å². The lowest BCUT2D eigenvalue weighted by Crippen LogP contribution is -2.29. The number of anilines is 1. The lowest BCUT2D eigenvalue weighted by molar-refractivity contribution is 0.101. The van der Waals surface area contributed by atoms with Crippen LogP contribution in [0.5, 0.6) is 0 Å². The van der Waals surface area contributed by atoms with Crippen molar-refractivity contribution in [3.8, 4) is 0 Å². The van der Waals surface area contributed by atoms with Gasteiger partial charge in [0, 0.05) is 30.9 Å². The number of ketones is 1. The van der Waals surface area contributed by atoms with Crippen LogP contribution in [-0.2, 0) is 4.74 Å². The molecule has 3 nitrogen and oxygen atoms in total. The van der Waals surface area contributed by atoms with Crippen molar-refractivity contribution in [3.63, 3.8) is 0 Å². The molecule has 0 atom stereocenters. The molecule has 1 saturated carbocycles. The number of ether oxygens (including phenoxy) is 1. The summed E-state index contributed by atoms with van der Waals surface area (Å²) >= 11 is 6.15. The second kappa shape index (κ2) is 5.72. The standard InChI is InChI=1S/C14H18ClNO2/c1-10(17)13-6-5-12(9-14(13)15)16(7-8-18-2)11-3-4-11/h5-6,9,11H,3-4,7-8H2,1-2H3. The summed E-state index contributed by atoms with van der Waals surface area (Å²) in [5.74, 6) is 0.00131. The summed E-state index contributed by atoms with van der Waals surface area (Å²) in [6, 6.07) is 6.25. The first-order valence-corrected chi connectivity index (χ1v) is 6.57. The predicted molar refractivity (Wildman–Crippen MR) is 73.7 cm³/mol. The van der Waals surface area contributed by atoms with E-state index >= 15 is 0 Å². The smallest absolute Gasteiger partial charge is 0.161 e. The van der Waals surface area contributed by atoms with Crippen molar-refractivity contribution < 1.29 is 9.53 Å². The van der Waals surface area contributed by atoms with Gasteiger partial charge in [-0.05, 0) is 38.0 Å². The molecule has 1 aliphatic rings. The fraction of sp³-hybridized carbons (Fsp3) is 0.500. The lowest BCUT2D eigenvalue weighted by atomic mass is 10.1. The van der Waals surface area contributed by atoms with E-state index in [9.17, 15) is 4.79 Å². The van der Waals surface area contributed by atoms with E-state index in [1.54, 1.807) is 7.11 Å². The Labute approximate surface area is 113 Å². The highest BCUT2D eigenvalue weighted by Crippen LogP contribution is 2.33. The van der Waals surface area contributed by atoms with Crippen LogP contribution in [0.15, 0.2) is 18.2 Å². The number of Topliss-reactive ketones (excluding diaryl/α,β-unsaturated/α-hetero) is 1. The molecule has 98 valence electrons. The number of methoxy groups -OCH3 is 1. The molecule has 1 aliphatic carbocycles. The van der Waals surface area contributed by atoms with Crippen molar-refractivity contribution in [1.82, 2.24) is 0 Å². The van der Waals surface area contributed by atoms with Gasteiger partial charge in [-0.15, -0.1) is 0 Å². The number of hydrogen-bond donors (Lipinski definition) is 0. The molecule has 0 radical (unpaired) electrons. The summed E-state index contributed by atoms with van der Waals surface area (Å²) in [6.07, 6.45) is 2.44. The molecule has 0 bridgehead atoms. The molecule has 18 heavy (non-hydrogen) atoms. The van der Waals surface area contributed by atoms with Gasteiger partial charge >= 0.3 is 0 Å². The first kappa shape index (κ1) is 13.4. The third-order valence-electron chi connectivity index (χ3n) is 3.19. The van der Waals surface area contributed by atoms with Crippen molar-refractivity contribution in [3.05, 3.63) is 28.8 Å². The lowest BCUT2D eigenvalue weighted by Gasteiger charge is -2.24. The Morgan fingerprint density at radius 3 is 2.72 bits per heavy atom. The number of carbonyl (C=O) groups excluding carboxylic acids is 1. The summed E-state index contributed by atoms with van der Waals surface area (Å²) in [4.78, 5) is 13.7. The van der Waals surface area contributed by atoms with E-state index in [0.717, 1.165) is 12.2 Å². The molecule has 0 heterocycles. The van der Waals surface area contributed by atoms with Gasteiger partial charge in [-0.1, -0.05) is 11.6 Å². The predicted octanol–water partition coefficient (Wildman–Crippen LogP) is 3.16. The number of nitrogens with zero attached hydrogens (tertiary/aromatic N) is 1. The van der Waals surface area contributed by atoms with E-state index in [-0.39, 0.29) is 5.78 Å². The molecule has 0 unspecified atom stereocenters. The molecule has 0 aromatic heterocycles. The number of halogens is 1. The molecular formula is C14H18ClNO2. The van der Waals surface area contributed by atoms with Crippen LogP contribution in [0.25, 0.3) is 0 Å². The topological polar surface area (TPSA) is 29.5 Å². The third-order valence-corrected chi connectivity index (χ3v) is 3.50. The molecular weight excluding hydrogens is 250 g/mol. The molecule has 4 heteroatoms. The number of benzene rings is 1. The number of hydrogen-bond acceptors (Lipinski definition) is 3. The minimum Gasteiger partial charge on any atom is -0.383 e. The van der Waals surface area contributed by atoms with Gasteiger partial charge in [-0.3, -0.25) is 4.79 Å². The maximum atomic E-state index is 11.3. The van der Waals surface area contributed by atoms with Gasteiger partial charge in [0.15, 0.2) is 5.78 Å². The summed E-state index contributed by atoms with van der Waals surface area (Å²) in [5, 5.41) is 0.531. The molecule has 0 amide bonds. The van der Waals surface area contributed by atoms with Gasteiger partial charge in [0.25, 0.3) is 0 Å². The highest BCUT2D eigenvalue weighted by atomic mass is 35.5. The Morgan fingerprint density at radius 1 is 1.50 bits per heavy atom. The van der Waals surface area contributed by atoms with E-state index in [1.807, 2.05) is 18.2 Å². The first-order chi connectivity index (χ1) is 8.63. The van der Waals surface area contributed by atoms with Gasteiger partial charge < -0.3 is 9.64 Å². The summed E-state index contributed by atoms with van der Waals surface area (Å²) < 4.78 is 5.14. The zero-order chi connectivity index (χ0) is 13.1. The number of carbonyl (C=O) groups is 1. The molecule has 1 aromatic carbocycles. The van der Waals surface area contributed by atoms with E-state index in [4.69, 9.17) is 16.3 Å². The van der Waals surface area contributed by atoms with Crippen molar-refractivity contribution in [1.29, 1.82) is 0 Å². The quantitative estimate of drug-likeness (QED) is 0.742. The monoisotopic (exact) mass is 267 g/mol. The van der Waals surface area contributed by atoms with Crippen molar-refractivity contribution >= 4 is 23.1 Å². The maximum Gasteiger partial charge on any atom is 0.161 e. The molecule has 2 rings (SSSR count). The SMILES string of the molecule is COCCN(c1ccc(C(C)=O)c(Cl)c1)C1CC1. The zero-order valence-electron chi connectivity index (χ0n) is 10.8. The van der Waals surface area contributed by atoms with Crippen LogP contribution in [0.3, 0.4) is 0 Å². The molecule has 0 saturated heterocycles.